The maximum absolute atomic E-state index is 14.2. The molecule has 14 heteroatoms. The molecule has 3 aliphatic carbocycles. The van der Waals surface area contributed by atoms with Crippen molar-refractivity contribution in [1.82, 2.24) is 30.5 Å². The van der Waals surface area contributed by atoms with Gasteiger partial charge in [0.1, 0.15) is 17.6 Å². The molecule has 0 radical (unpaired) electrons. The van der Waals surface area contributed by atoms with E-state index in [9.17, 15) is 32.4 Å². The molecule has 0 aromatic heterocycles. The lowest BCUT2D eigenvalue weighted by molar-refractivity contribution is -0.145. The van der Waals surface area contributed by atoms with Crippen molar-refractivity contribution in [1.29, 1.82) is 0 Å². The number of nitrogens with zero attached hydrogens (tertiary/aromatic N) is 2. The number of urea groups is 1. The van der Waals surface area contributed by atoms with E-state index >= 15 is 0 Å². The second-order valence-corrected chi connectivity index (χ2v) is 18.5. The van der Waals surface area contributed by atoms with Gasteiger partial charge in [0, 0.05) is 32.2 Å². The highest BCUT2D eigenvalue weighted by molar-refractivity contribution is 7.88. The standard InChI is InChI=1S/C31H52N6O7S/c1-28(2,3)19(16-36(9)45(10,43)44)33-27(42)34-22(29(4,5)6)26(41)37-15-18-20(30(18,7)8)21(37)24(39)35-31(13-14-31)23(38)25(40)32-17-11-12-17/h17-22H,11-16H2,1-10H3,(H,32,40)(H,35,39)(H2,33,34,42)/t18?,19-,20?,21+,22+/m1/s1. The van der Waals surface area contributed by atoms with Crippen LogP contribution < -0.4 is 21.3 Å². The Morgan fingerprint density at radius 2 is 1.53 bits per heavy atom. The number of nitrogens with one attached hydrogen (secondary N) is 4. The minimum absolute atomic E-state index is 0.0159. The van der Waals surface area contributed by atoms with Crippen molar-refractivity contribution in [2.24, 2.45) is 28.1 Å². The average Bonchev–Trinajstić information content (AvgIpc) is 3.84. The Morgan fingerprint density at radius 1 is 0.956 bits per heavy atom. The fraction of sp³-hybridized carbons (Fsp3) is 0.839. The van der Waals surface area contributed by atoms with Crippen molar-refractivity contribution in [2.75, 3.05) is 26.4 Å². The molecule has 3 saturated carbocycles. The summed E-state index contributed by atoms with van der Waals surface area (Å²) in [6, 6.07) is -3.05. The van der Waals surface area contributed by atoms with Crippen molar-refractivity contribution in [3.8, 4) is 0 Å². The molecule has 13 nitrogen and oxygen atoms in total. The van der Waals surface area contributed by atoms with Gasteiger partial charge in [-0.15, -0.1) is 0 Å². The summed E-state index contributed by atoms with van der Waals surface area (Å²) in [5.74, 6) is -2.25. The number of piperidine rings is 1. The Hall–Kier alpha value is -2.74. The third-order valence-electron chi connectivity index (χ3n) is 10.2. The Labute approximate surface area is 267 Å². The van der Waals surface area contributed by atoms with Crippen molar-refractivity contribution in [2.45, 2.75) is 111 Å². The minimum Gasteiger partial charge on any atom is -0.347 e. The lowest BCUT2D eigenvalue weighted by Gasteiger charge is -2.39. The molecule has 4 aliphatic rings. The van der Waals surface area contributed by atoms with Gasteiger partial charge in [-0.2, -0.15) is 0 Å². The molecule has 0 aromatic rings. The van der Waals surface area contributed by atoms with Crippen LogP contribution in [0.3, 0.4) is 0 Å². The summed E-state index contributed by atoms with van der Waals surface area (Å²) in [4.78, 5) is 68.6. The lowest BCUT2D eigenvalue weighted by atomic mass is 9.85. The molecule has 0 spiro atoms. The topological polar surface area (TPSA) is 174 Å². The number of ketones is 1. The molecular formula is C31H52N6O7S. The number of carbonyl (C=O) groups is 5. The van der Waals surface area contributed by atoms with E-state index in [4.69, 9.17) is 0 Å². The number of amides is 5. The van der Waals surface area contributed by atoms with Gasteiger partial charge in [0.25, 0.3) is 5.91 Å². The van der Waals surface area contributed by atoms with E-state index in [1.165, 1.54) is 16.3 Å². The zero-order valence-electron chi connectivity index (χ0n) is 28.4. The molecule has 1 saturated heterocycles. The summed E-state index contributed by atoms with van der Waals surface area (Å²) in [6.07, 6.45) is 3.50. The first kappa shape index (κ1) is 35.1. The number of rotatable bonds is 11. The first-order valence-electron chi connectivity index (χ1n) is 15.9. The second kappa shape index (κ2) is 11.5. The van der Waals surface area contributed by atoms with Gasteiger partial charge in [0.2, 0.25) is 27.6 Å². The van der Waals surface area contributed by atoms with Crippen molar-refractivity contribution >= 4 is 39.6 Å². The number of hydrogen-bond acceptors (Lipinski definition) is 7. The molecule has 5 atom stereocenters. The zero-order valence-corrected chi connectivity index (χ0v) is 29.2. The summed E-state index contributed by atoms with van der Waals surface area (Å²) in [6.45, 7) is 15.6. The number of Topliss-reactive ketones (excluding diaryl/α,β-unsaturated/α-hetero) is 1. The van der Waals surface area contributed by atoms with E-state index in [-0.39, 0.29) is 29.8 Å². The Kier molecular flexibility index (Phi) is 8.97. The molecule has 254 valence electrons. The summed E-state index contributed by atoms with van der Waals surface area (Å²) in [5.41, 5.74) is -2.68. The number of likely N-dealkylation sites (N-methyl/N-ethyl adjacent to an activating group) is 1. The maximum atomic E-state index is 14.2. The molecule has 1 aliphatic heterocycles. The SMILES string of the molecule is CN(C[C@@H](NC(=O)N[C@@H](C(=O)N1CC2C([C@H]1C(=O)NC1(C(=O)C(=O)NC3CC3)CC1)C2(C)C)C(C)(C)C)C(C)(C)C)S(C)(=O)=O. The molecule has 0 aromatic carbocycles. The molecule has 5 amide bonds. The van der Waals surface area contributed by atoms with Gasteiger partial charge in [-0.05, 0) is 53.8 Å². The van der Waals surface area contributed by atoms with Crippen LogP contribution >= 0.6 is 0 Å². The van der Waals surface area contributed by atoms with E-state index < -0.39 is 74.1 Å². The minimum atomic E-state index is -3.49. The van der Waals surface area contributed by atoms with Gasteiger partial charge in [0.05, 0.1) is 6.26 Å². The average molecular weight is 653 g/mol. The molecular weight excluding hydrogens is 600 g/mol. The molecule has 0 bridgehead atoms. The summed E-state index contributed by atoms with van der Waals surface area (Å²) in [7, 11) is -2.05. The van der Waals surface area contributed by atoms with E-state index in [0.717, 1.165) is 19.1 Å². The van der Waals surface area contributed by atoms with Crippen LogP contribution in [0.25, 0.3) is 0 Å². The van der Waals surface area contributed by atoms with Crippen LogP contribution in [-0.2, 0) is 29.2 Å². The van der Waals surface area contributed by atoms with E-state index in [0.29, 0.717) is 19.4 Å². The molecule has 45 heavy (non-hydrogen) atoms. The first-order valence-corrected chi connectivity index (χ1v) is 17.7. The van der Waals surface area contributed by atoms with E-state index in [2.05, 4.69) is 35.1 Å². The van der Waals surface area contributed by atoms with Crippen molar-refractivity contribution in [3.63, 3.8) is 0 Å². The monoisotopic (exact) mass is 652 g/mol. The highest BCUT2D eigenvalue weighted by Gasteiger charge is 2.70. The van der Waals surface area contributed by atoms with Crippen LogP contribution in [0.4, 0.5) is 4.79 Å². The number of sulfonamides is 1. The van der Waals surface area contributed by atoms with Gasteiger partial charge in [0.15, 0.2) is 0 Å². The smallest absolute Gasteiger partial charge is 0.315 e. The lowest BCUT2D eigenvalue weighted by Crippen LogP contribution is -2.63. The quantitative estimate of drug-likeness (QED) is 0.241. The van der Waals surface area contributed by atoms with Crippen LogP contribution in [0.2, 0.25) is 0 Å². The number of carbonyl (C=O) groups excluding carboxylic acids is 5. The zero-order chi connectivity index (χ0) is 34.1. The maximum Gasteiger partial charge on any atom is 0.315 e. The first-order chi connectivity index (χ1) is 20.4. The predicted molar refractivity (Wildman–Crippen MR) is 168 cm³/mol. The van der Waals surface area contributed by atoms with Crippen molar-refractivity contribution in [3.05, 3.63) is 0 Å². The molecule has 1 heterocycles. The van der Waals surface area contributed by atoms with E-state index in [1.54, 1.807) is 0 Å². The van der Waals surface area contributed by atoms with Gasteiger partial charge in [-0.3, -0.25) is 19.2 Å². The van der Waals surface area contributed by atoms with E-state index in [1.807, 2.05) is 41.5 Å². The number of hydrogen-bond donors (Lipinski definition) is 4. The largest absolute Gasteiger partial charge is 0.347 e. The molecule has 2 unspecified atom stereocenters. The molecule has 4 N–H and O–H groups in total. The van der Waals surface area contributed by atoms with Gasteiger partial charge < -0.3 is 26.2 Å². The van der Waals surface area contributed by atoms with Crippen LogP contribution in [-0.4, -0.2) is 103 Å². The van der Waals surface area contributed by atoms with Gasteiger partial charge in [-0.25, -0.2) is 17.5 Å². The third-order valence-corrected chi connectivity index (χ3v) is 11.5. The Balaban J connectivity index is 1.51. The third kappa shape index (κ3) is 7.47. The normalized spacial score (nSPS) is 26.3. The fourth-order valence-corrected chi connectivity index (χ4v) is 6.85. The van der Waals surface area contributed by atoms with Gasteiger partial charge in [-0.1, -0.05) is 55.4 Å². The second-order valence-electron chi connectivity index (χ2n) is 16.4. The van der Waals surface area contributed by atoms with Gasteiger partial charge >= 0.3 is 6.03 Å². The van der Waals surface area contributed by atoms with Crippen LogP contribution in [0.15, 0.2) is 0 Å². The van der Waals surface area contributed by atoms with Crippen LogP contribution in [0.5, 0.6) is 0 Å². The highest BCUT2D eigenvalue weighted by atomic mass is 32.2. The van der Waals surface area contributed by atoms with Crippen LogP contribution in [0.1, 0.15) is 81.1 Å². The Morgan fingerprint density at radius 3 is 2.00 bits per heavy atom. The molecule has 4 fully saturated rings. The fourth-order valence-electron chi connectivity index (χ4n) is 6.43. The van der Waals surface area contributed by atoms with Crippen LogP contribution in [0, 0.1) is 28.1 Å². The summed E-state index contributed by atoms with van der Waals surface area (Å²) >= 11 is 0. The summed E-state index contributed by atoms with van der Waals surface area (Å²) < 4.78 is 25.3. The Bertz CT molecular complexity index is 1360. The predicted octanol–water partition coefficient (Wildman–Crippen LogP) is 0.986. The number of fused-ring (bicyclic) bond motifs is 1. The highest BCUT2D eigenvalue weighted by Crippen LogP contribution is 2.65. The molecule has 4 rings (SSSR count). The summed E-state index contributed by atoms with van der Waals surface area (Å²) in [5, 5.41) is 11.3. The number of likely N-dealkylation sites (tertiary alicyclic amines) is 1. The van der Waals surface area contributed by atoms with Crippen molar-refractivity contribution < 1.29 is 32.4 Å².